The average molecular weight is 630 g/mol. The number of aromatic nitrogens is 5. The summed E-state index contributed by atoms with van der Waals surface area (Å²) in [7, 11) is 0. The van der Waals surface area contributed by atoms with Crippen LogP contribution >= 0.6 is 23.3 Å². The van der Waals surface area contributed by atoms with Crippen LogP contribution in [0.1, 0.15) is 12.7 Å². The van der Waals surface area contributed by atoms with E-state index in [2.05, 4.69) is 30.1 Å². The van der Waals surface area contributed by atoms with Crippen LogP contribution in [0.25, 0.3) is 11.2 Å². The number of fused-ring (bicyclic) bond motifs is 2. The van der Waals surface area contributed by atoms with E-state index in [0.29, 0.717) is 29.8 Å². The highest BCUT2D eigenvalue weighted by molar-refractivity contribution is 8.00. The number of anilines is 1. The van der Waals surface area contributed by atoms with Crippen LogP contribution in [0.2, 0.25) is 0 Å². The van der Waals surface area contributed by atoms with Crippen molar-refractivity contribution >= 4 is 69.0 Å². The van der Waals surface area contributed by atoms with Gasteiger partial charge in [0.05, 0.1) is 17.9 Å². The molecule has 1 fully saturated rings. The Morgan fingerprint density at radius 3 is 2.86 bits per heavy atom. The zero-order valence-corrected chi connectivity index (χ0v) is 24.4. The number of nitrogen functional groups attached to an aromatic ring is 1. The molecule has 6 N–H and O–H groups in total. The largest absolute Gasteiger partial charge is 0.543 e. The smallest absolute Gasteiger partial charge is 0.349 e. The number of nitrogens with zero attached hydrogens (tertiary/aromatic N) is 7. The number of β-lactam (4-membered cyclic amide) rings is 1. The van der Waals surface area contributed by atoms with Crippen molar-refractivity contribution in [2.75, 3.05) is 31.2 Å². The molecule has 0 saturated carbocycles. The maximum absolute atomic E-state index is 13.2. The average Bonchev–Trinajstić information content (AvgIpc) is 3.61. The van der Waals surface area contributed by atoms with Crippen molar-refractivity contribution in [1.82, 2.24) is 34.4 Å². The number of carboxylic acids is 1. The van der Waals surface area contributed by atoms with Crippen molar-refractivity contribution in [3.05, 3.63) is 41.8 Å². The molecule has 226 valence electrons. The van der Waals surface area contributed by atoms with Gasteiger partial charge in [-0.2, -0.15) is 9.36 Å². The van der Waals surface area contributed by atoms with Crippen LogP contribution in [0.3, 0.4) is 0 Å². The summed E-state index contributed by atoms with van der Waals surface area (Å²) in [5, 5.41) is 20.8. The second-order valence-electron chi connectivity index (χ2n) is 9.27. The van der Waals surface area contributed by atoms with Gasteiger partial charge in [-0.05, 0) is 24.0 Å². The highest BCUT2D eigenvalue weighted by Crippen LogP contribution is 2.40. The van der Waals surface area contributed by atoms with E-state index in [9.17, 15) is 24.3 Å². The Balaban J connectivity index is 1.35. The Labute approximate surface area is 252 Å². The number of aliphatic carboxylic acids is 1. The summed E-state index contributed by atoms with van der Waals surface area (Å²) in [5.74, 6) is -2.97. The molecule has 0 radical (unpaired) electrons. The van der Waals surface area contributed by atoms with Gasteiger partial charge in [-0.3, -0.25) is 23.9 Å². The lowest BCUT2D eigenvalue weighted by atomic mass is 10.0. The number of carbonyl (C=O) groups is 4. The van der Waals surface area contributed by atoms with Crippen LogP contribution in [0.15, 0.2) is 41.1 Å². The topological polar surface area (TPSA) is 240 Å². The lowest BCUT2D eigenvalue weighted by molar-refractivity contribution is -0.664. The first kappa shape index (κ1) is 29.9. The zero-order chi connectivity index (χ0) is 30.7. The van der Waals surface area contributed by atoms with Gasteiger partial charge in [0.15, 0.2) is 5.13 Å². The van der Waals surface area contributed by atoms with Gasteiger partial charge in [0.1, 0.15) is 36.6 Å². The number of carbonyl (C=O) groups excluding carboxylic acids is 4. The Bertz CT molecular complexity index is 1650. The number of nitrogens with two attached hydrogens (primary N) is 2. The number of rotatable bonds is 12. The Hall–Kier alpha value is -4.62. The maximum Gasteiger partial charge on any atom is 0.349 e. The zero-order valence-electron chi connectivity index (χ0n) is 22.8. The lowest BCUT2D eigenvalue weighted by Crippen LogP contribution is -2.71. The van der Waals surface area contributed by atoms with Gasteiger partial charge in [-0.15, -0.1) is 11.8 Å². The summed E-state index contributed by atoms with van der Waals surface area (Å²) in [5.41, 5.74) is 12.1. The van der Waals surface area contributed by atoms with Crippen molar-refractivity contribution in [1.29, 1.82) is 0 Å². The molecule has 43 heavy (non-hydrogen) atoms. The van der Waals surface area contributed by atoms with Crippen LogP contribution in [0, 0.1) is 0 Å². The third-order valence-corrected chi connectivity index (χ3v) is 8.35. The number of oxime groups is 1. The number of amides is 3. The molecule has 2 unspecified atom stereocenters. The molecule has 2 aliphatic heterocycles. The minimum absolute atomic E-state index is 0.0311. The van der Waals surface area contributed by atoms with Crippen LogP contribution in [-0.2, 0) is 37.1 Å². The van der Waals surface area contributed by atoms with Gasteiger partial charge in [-0.1, -0.05) is 5.16 Å². The molecule has 0 spiro atoms. The number of imidazole rings is 1. The van der Waals surface area contributed by atoms with Crippen molar-refractivity contribution in [3.63, 3.8) is 0 Å². The molecule has 3 aromatic heterocycles. The molecule has 5 rings (SSSR count). The van der Waals surface area contributed by atoms with Gasteiger partial charge < -0.3 is 36.8 Å². The fourth-order valence-electron chi connectivity index (χ4n) is 4.61. The Kier molecular flexibility index (Phi) is 8.83. The lowest BCUT2D eigenvalue weighted by Gasteiger charge is -2.50. The van der Waals surface area contributed by atoms with E-state index in [-0.39, 0.29) is 53.7 Å². The molecule has 17 nitrogen and oxygen atoms in total. The van der Waals surface area contributed by atoms with Crippen molar-refractivity contribution in [2.45, 2.75) is 31.4 Å². The van der Waals surface area contributed by atoms with E-state index >= 15 is 0 Å². The van der Waals surface area contributed by atoms with E-state index in [4.69, 9.17) is 16.3 Å². The molecule has 1 saturated heterocycles. The highest BCUT2D eigenvalue weighted by Gasteiger charge is 2.53. The standard InChI is InChI=1S/C24H27N11O6S2/c1-2-41-31-15(18-30-24(26)43-32-18)20(37)29-16-21(38)35-17(23(39)40)12(10-42-22(16)35)8-33-7-3-4-13-19(33)28-11-34(13)9-14(36)27-6-5-25/h3-4,7,11,16,22H,2,5-6,8-10,25H2,1H3,(H4-,26,27,29,30,32,36,37,39,40)/b31-15-. The summed E-state index contributed by atoms with van der Waals surface area (Å²) >= 11 is 2.16. The van der Waals surface area contributed by atoms with Crippen LogP contribution in [0.4, 0.5) is 5.13 Å². The Morgan fingerprint density at radius 1 is 1.35 bits per heavy atom. The molecular weight excluding hydrogens is 602 g/mol. The Morgan fingerprint density at radius 2 is 2.16 bits per heavy atom. The second kappa shape index (κ2) is 12.7. The summed E-state index contributed by atoms with van der Waals surface area (Å²) in [6, 6.07) is 2.51. The molecule has 3 aromatic rings. The quantitative estimate of drug-likeness (QED) is 0.0666. The van der Waals surface area contributed by atoms with Crippen molar-refractivity contribution < 1.29 is 33.7 Å². The SMILES string of the molecule is CCO/N=C(\C(=O)NC1C(=O)N2C(C(=O)[O-])=C(C[n+]3cccc4c3ncn4CC(=O)NCCN)CSC12)c1nsc(N)n1. The predicted octanol–water partition coefficient (Wildman–Crippen LogP) is -3.32. The fraction of sp³-hybridized carbons (Fsp3) is 0.375. The van der Waals surface area contributed by atoms with Crippen LogP contribution in [-0.4, -0.2) is 90.1 Å². The molecule has 0 aromatic carbocycles. The molecule has 3 amide bonds. The molecule has 0 aliphatic carbocycles. The molecule has 0 bridgehead atoms. The fourth-order valence-corrected chi connectivity index (χ4v) is 6.38. The third kappa shape index (κ3) is 5.99. The second-order valence-corrected chi connectivity index (χ2v) is 11.2. The van der Waals surface area contributed by atoms with E-state index in [1.807, 2.05) is 0 Å². The van der Waals surface area contributed by atoms with E-state index < -0.39 is 29.2 Å². The highest BCUT2D eigenvalue weighted by atomic mass is 32.2. The summed E-state index contributed by atoms with van der Waals surface area (Å²) in [6.07, 6.45) is 3.25. The minimum Gasteiger partial charge on any atom is -0.543 e. The van der Waals surface area contributed by atoms with E-state index in [1.165, 1.54) is 18.1 Å². The van der Waals surface area contributed by atoms with Gasteiger partial charge in [0, 0.05) is 35.9 Å². The summed E-state index contributed by atoms with van der Waals surface area (Å²) in [6.45, 7) is 2.64. The molecule has 19 heteroatoms. The first-order valence-corrected chi connectivity index (χ1v) is 14.8. The van der Waals surface area contributed by atoms with Gasteiger partial charge >= 0.3 is 5.65 Å². The first-order valence-electron chi connectivity index (χ1n) is 13.0. The van der Waals surface area contributed by atoms with Crippen molar-refractivity contribution in [3.8, 4) is 0 Å². The number of nitrogens with one attached hydrogen (secondary N) is 2. The number of pyridine rings is 1. The molecular formula is C24H27N11O6S2. The third-order valence-electron chi connectivity index (χ3n) is 6.47. The number of carboxylic acid groups (broad SMARTS) is 1. The minimum atomic E-state index is -1.52. The summed E-state index contributed by atoms with van der Waals surface area (Å²) in [4.78, 5) is 65.3. The first-order chi connectivity index (χ1) is 20.7. The van der Waals surface area contributed by atoms with Crippen LogP contribution in [0.5, 0.6) is 0 Å². The van der Waals surface area contributed by atoms with Crippen molar-refractivity contribution in [2.24, 2.45) is 10.9 Å². The van der Waals surface area contributed by atoms with Gasteiger partial charge in [-0.25, -0.2) is 4.57 Å². The molecule has 2 aliphatic rings. The molecule has 2 atom stereocenters. The van der Waals surface area contributed by atoms with E-state index in [0.717, 1.165) is 16.4 Å². The van der Waals surface area contributed by atoms with Gasteiger partial charge in [0.25, 0.3) is 11.8 Å². The predicted molar refractivity (Wildman–Crippen MR) is 152 cm³/mol. The van der Waals surface area contributed by atoms with Crippen LogP contribution < -0.4 is 31.8 Å². The maximum atomic E-state index is 13.2. The number of hydrogen-bond acceptors (Lipinski definition) is 14. The van der Waals surface area contributed by atoms with Gasteiger partial charge in [0.2, 0.25) is 23.8 Å². The normalized spacial score (nSPS) is 18.3. The number of thioether (sulfide) groups is 1. The molecule has 5 heterocycles. The number of hydrogen-bond donors (Lipinski definition) is 4. The monoisotopic (exact) mass is 629 g/mol. The summed E-state index contributed by atoms with van der Waals surface area (Å²) < 4.78 is 7.38. The van der Waals surface area contributed by atoms with E-state index in [1.54, 1.807) is 34.4 Å².